The van der Waals surface area contributed by atoms with Gasteiger partial charge in [-0.15, -0.1) is 0 Å². The first-order chi connectivity index (χ1) is 7.14. The zero-order valence-corrected chi connectivity index (χ0v) is 8.62. The fourth-order valence-electron chi connectivity index (χ4n) is 2.05. The summed E-state index contributed by atoms with van der Waals surface area (Å²) >= 11 is 0. The quantitative estimate of drug-likeness (QED) is 0.629. The third-order valence-electron chi connectivity index (χ3n) is 3.25. The topological polar surface area (TPSA) is 81.4 Å². The van der Waals surface area contributed by atoms with Crippen molar-refractivity contribution in [2.24, 2.45) is 5.73 Å². The monoisotopic (exact) mass is 212 g/mol. The molecule has 0 aromatic heterocycles. The van der Waals surface area contributed by atoms with Crippen LogP contribution in [-0.2, 0) is 14.3 Å². The van der Waals surface area contributed by atoms with Gasteiger partial charge in [0.15, 0.2) is 5.60 Å². The third kappa shape index (κ3) is 1.84. The molecule has 2 rings (SSSR count). The zero-order valence-electron chi connectivity index (χ0n) is 8.62. The van der Waals surface area contributed by atoms with Crippen LogP contribution in [0.1, 0.15) is 32.1 Å². The summed E-state index contributed by atoms with van der Waals surface area (Å²) in [5, 5.41) is 3.04. The molecule has 5 nitrogen and oxygen atoms in total. The minimum Gasteiger partial charge on any atom is -0.448 e. The fraction of sp³-hybridized carbons (Fsp3) is 0.800. The van der Waals surface area contributed by atoms with Crippen LogP contribution in [0.25, 0.3) is 0 Å². The molecule has 5 heteroatoms. The smallest absolute Gasteiger partial charge is 0.324 e. The van der Waals surface area contributed by atoms with Gasteiger partial charge in [-0.25, -0.2) is 0 Å². The van der Waals surface area contributed by atoms with E-state index in [1.165, 1.54) is 0 Å². The second kappa shape index (κ2) is 3.81. The lowest BCUT2D eigenvalue weighted by atomic mass is 9.79. The number of nitrogens with one attached hydrogen (secondary N) is 1. The van der Waals surface area contributed by atoms with Crippen LogP contribution in [0.15, 0.2) is 0 Å². The van der Waals surface area contributed by atoms with Crippen molar-refractivity contribution >= 4 is 11.9 Å². The first-order valence-electron chi connectivity index (χ1n) is 5.40. The van der Waals surface area contributed by atoms with Crippen molar-refractivity contribution in [2.75, 3.05) is 6.54 Å². The van der Waals surface area contributed by atoms with E-state index in [-0.39, 0.29) is 12.0 Å². The van der Waals surface area contributed by atoms with Gasteiger partial charge in [-0.3, -0.25) is 9.59 Å². The first-order valence-corrected chi connectivity index (χ1v) is 5.40. The molecule has 0 radical (unpaired) electrons. The van der Waals surface area contributed by atoms with Crippen LogP contribution < -0.4 is 11.1 Å². The van der Waals surface area contributed by atoms with Crippen molar-refractivity contribution in [1.82, 2.24) is 5.32 Å². The van der Waals surface area contributed by atoms with Crippen LogP contribution in [0.2, 0.25) is 0 Å². The van der Waals surface area contributed by atoms with Crippen LogP contribution in [0.3, 0.4) is 0 Å². The minimum atomic E-state index is -0.999. The largest absolute Gasteiger partial charge is 0.448 e. The summed E-state index contributed by atoms with van der Waals surface area (Å²) in [6.45, 7) is 0.837. The Labute approximate surface area is 88.3 Å². The van der Waals surface area contributed by atoms with Gasteiger partial charge < -0.3 is 15.8 Å². The van der Waals surface area contributed by atoms with E-state index >= 15 is 0 Å². The molecule has 1 aliphatic carbocycles. The van der Waals surface area contributed by atoms with Gasteiger partial charge in [0.1, 0.15) is 6.04 Å². The molecule has 0 spiro atoms. The number of carbonyl (C=O) groups is 2. The summed E-state index contributed by atoms with van der Waals surface area (Å²) < 4.78 is 5.24. The Morgan fingerprint density at radius 3 is 2.47 bits per heavy atom. The highest BCUT2D eigenvalue weighted by atomic mass is 16.6. The van der Waals surface area contributed by atoms with Crippen LogP contribution >= 0.6 is 0 Å². The van der Waals surface area contributed by atoms with E-state index in [0.717, 1.165) is 25.8 Å². The van der Waals surface area contributed by atoms with Crippen molar-refractivity contribution in [3.63, 3.8) is 0 Å². The highest BCUT2D eigenvalue weighted by molar-refractivity contribution is 5.88. The SMILES string of the molecule is NC(=O)C1(OC(=O)C2CCCN2)CCC1. The van der Waals surface area contributed by atoms with Crippen molar-refractivity contribution < 1.29 is 14.3 Å². The lowest BCUT2D eigenvalue weighted by molar-refractivity contribution is -0.178. The maximum atomic E-state index is 11.7. The molecule has 1 saturated carbocycles. The van der Waals surface area contributed by atoms with E-state index in [9.17, 15) is 9.59 Å². The molecular weight excluding hydrogens is 196 g/mol. The lowest BCUT2D eigenvalue weighted by Gasteiger charge is -2.38. The molecule has 2 fully saturated rings. The average Bonchev–Trinajstić information content (AvgIpc) is 2.62. The number of primary amides is 1. The van der Waals surface area contributed by atoms with Gasteiger partial charge in [0.05, 0.1) is 0 Å². The zero-order chi connectivity index (χ0) is 10.9. The van der Waals surface area contributed by atoms with E-state index in [0.29, 0.717) is 12.8 Å². The Hall–Kier alpha value is -1.10. The molecule has 1 unspecified atom stereocenters. The van der Waals surface area contributed by atoms with Gasteiger partial charge in [-0.1, -0.05) is 0 Å². The molecule has 1 aliphatic heterocycles. The summed E-state index contributed by atoms with van der Waals surface area (Å²) in [5.74, 6) is -0.842. The summed E-state index contributed by atoms with van der Waals surface area (Å²) in [7, 11) is 0. The molecule has 0 aromatic rings. The molecule has 1 atom stereocenters. The van der Waals surface area contributed by atoms with Crippen molar-refractivity contribution in [2.45, 2.75) is 43.7 Å². The highest BCUT2D eigenvalue weighted by Crippen LogP contribution is 2.35. The molecule has 15 heavy (non-hydrogen) atoms. The molecule has 1 heterocycles. The number of ether oxygens (including phenoxy) is 1. The second-order valence-electron chi connectivity index (χ2n) is 4.28. The van der Waals surface area contributed by atoms with E-state index in [1.807, 2.05) is 0 Å². The Morgan fingerprint density at radius 2 is 2.07 bits per heavy atom. The Morgan fingerprint density at radius 1 is 1.33 bits per heavy atom. The predicted octanol–water partition coefficient (Wildman–Crippen LogP) is -0.310. The van der Waals surface area contributed by atoms with Crippen LogP contribution in [0.4, 0.5) is 0 Å². The highest BCUT2D eigenvalue weighted by Gasteiger charge is 2.47. The molecule has 0 aromatic carbocycles. The second-order valence-corrected chi connectivity index (χ2v) is 4.28. The maximum Gasteiger partial charge on any atom is 0.324 e. The standard InChI is InChI=1S/C10H16N2O3/c11-9(14)10(4-2-5-10)15-8(13)7-3-1-6-12-7/h7,12H,1-6H2,(H2,11,14). The van der Waals surface area contributed by atoms with Gasteiger partial charge in [0.2, 0.25) is 0 Å². The fourth-order valence-corrected chi connectivity index (χ4v) is 2.05. The number of carbonyl (C=O) groups excluding carboxylic acids is 2. The Bertz CT molecular complexity index is 280. The van der Waals surface area contributed by atoms with Gasteiger partial charge in [-0.05, 0) is 38.6 Å². The summed E-state index contributed by atoms with van der Waals surface area (Å²) in [5.41, 5.74) is 4.24. The van der Waals surface area contributed by atoms with E-state index in [4.69, 9.17) is 10.5 Å². The number of hydrogen-bond acceptors (Lipinski definition) is 4. The molecule has 84 valence electrons. The van der Waals surface area contributed by atoms with Crippen molar-refractivity contribution in [3.05, 3.63) is 0 Å². The van der Waals surface area contributed by atoms with Crippen LogP contribution in [0.5, 0.6) is 0 Å². The van der Waals surface area contributed by atoms with E-state index < -0.39 is 11.5 Å². The normalized spacial score (nSPS) is 28.1. The minimum absolute atomic E-state index is 0.248. The number of rotatable bonds is 3. The predicted molar refractivity (Wildman–Crippen MR) is 52.9 cm³/mol. The number of nitrogens with two attached hydrogens (primary N) is 1. The van der Waals surface area contributed by atoms with Gasteiger partial charge in [0.25, 0.3) is 5.91 Å². The molecule has 0 bridgehead atoms. The van der Waals surface area contributed by atoms with Gasteiger partial charge in [-0.2, -0.15) is 0 Å². The van der Waals surface area contributed by atoms with Crippen LogP contribution in [0, 0.1) is 0 Å². The molecule has 2 aliphatic rings. The van der Waals surface area contributed by atoms with Crippen LogP contribution in [-0.4, -0.2) is 30.1 Å². The summed E-state index contributed by atoms with van der Waals surface area (Å²) in [4.78, 5) is 22.8. The Kier molecular flexibility index (Phi) is 2.65. The number of amides is 1. The van der Waals surface area contributed by atoms with Crippen molar-refractivity contribution in [3.8, 4) is 0 Å². The summed E-state index contributed by atoms with van der Waals surface area (Å²) in [6, 6.07) is -0.248. The Balaban J connectivity index is 1.94. The average molecular weight is 212 g/mol. The van der Waals surface area contributed by atoms with E-state index in [2.05, 4.69) is 5.32 Å². The molecular formula is C10H16N2O3. The molecule has 1 amide bonds. The maximum absolute atomic E-state index is 11.7. The van der Waals surface area contributed by atoms with Gasteiger partial charge >= 0.3 is 5.97 Å². The summed E-state index contributed by atoms with van der Waals surface area (Å²) in [6.07, 6.45) is 3.80. The molecule has 1 saturated heterocycles. The van der Waals surface area contributed by atoms with Crippen molar-refractivity contribution in [1.29, 1.82) is 0 Å². The van der Waals surface area contributed by atoms with E-state index in [1.54, 1.807) is 0 Å². The van der Waals surface area contributed by atoms with Gasteiger partial charge in [0, 0.05) is 0 Å². The lowest BCUT2D eigenvalue weighted by Crippen LogP contribution is -2.54. The third-order valence-corrected chi connectivity index (χ3v) is 3.25. The molecule has 3 N–H and O–H groups in total. The number of hydrogen-bond donors (Lipinski definition) is 2. The first kappa shape index (κ1) is 10.4. The number of esters is 1.